The van der Waals surface area contributed by atoms with Gasteiger partial charge in [0.2, 0.25) is 6.08 Å². The Bertz CT molecular complexity index is 627. The van der Waals surface area contributed by atoms with E-state index in [0.29, 0.717) is 16.9 Å². The summed E-state index contributed by atoms with van der Waals surface area (Å²) in [5.41, 5.74) is 1.46. The molecule has 0 fully saturated rings. The number of isocyanates is 1. The number of rotatable bonds is 3. The molecule has 0 saturated carbocycles. The molecule has 5 heteroatoms. The van der Waals surface area contributed by atoms with Crippen molar-refractivity contribution in [2.75, 3.05) is 5.32 Å². The van der Waals surface area contributed by atoms with Crippen LogP contribution in [0.1, 0.15) is 10.4 Å². The first-order chi connectivity index (χ1) is 9.19. The minimum absolute atomic E-state index is 0.133. The van der Waals surface area contributed by atoms with Gasteiger partial charge in [-0.3, -0.25) is 4.79 Å². The number of hydrogen-bond acceptors (Lipinski definition) is 4. The molecule has 2 rings (SSSR count). The van der Waals surface area contributed by atoms with Gasteiger partial charge in [-0.25, -0.2) is 4.79 Å². The van der Waals surface area contributed by atoms with Crippen LogP contribution in [0.15, 0.2) is 53.5 Å². The second-order valence-corrected chi connectivity index (χ2v) is 3.75. The maximum Gasteiger partial charge on any atom is 0.255 e. The number of aliphatic imine (C=N–C) groups is 1. The van der Waals surface area contributed by atoms with E-state index in [1.807, 2.05) is 0 Å². The summed E-state index contributed by atoms with van der Waals surface area (Å²) in [6.45, 7) is 0. The third kappa shape index (κ3) is 3.28. The van der Waals surface area contributed by atoms with Crippen LogP contribution in [0.25, 0.3) is 0 Å². The van der Waals surface area contributed by atoms with Crippen molar-refractivity contribution in [3.63, 3.8) is 0 Å². The van der Waals surface area contributed by atoms with Crippen LogP contribution in [0.5, 0.6) is 5.75 Å². The van der Waals surface area contributed by atoms with Crippen LogP contribution >= 0.6 is 0 Å². The van der Waals surface area contributed by atoms with Crippen molar-refractivity contribution in [3.05, 3.63) is 54.1 Å². The Kier molecular flexibility index (Phi) is 3.71. The van der Waals surface area contributed by atoms with Crippen LogP contribution in [0.3, 0.4) is 0 Å². The fraction of sp³-hybridized carbons (Fsp3) is 0. The lowest BCUT2D eigenvalue weighted by atomic mass is 10.2. The molecule has 0 spiro atoms. The summed E-state index contributed by atoms with van der Waals surface area (Å²) < 4.78 is 0. The van der Waals surface area contributed by atoms with E-state index in [0.717, 1.165) is 0 Å². The second-order valence-electron chi connectivity index (χ2n) is 3.75. The molecule has 0 aromatic heterocycles. The van der Waals surface area contributed by atoms with E-state index >= 15 is 0 Å². The fourth-order valence-corrected chi connectivity index (χ4v) is 1.49. The molecule has 0 radical (unpaired) electrons. The number of aromatic hydroxyl groups is 1. The largest absolute Gasteiger partial charge is 0.508 e. The number of nitrogens with one attached hydrogen (secondary N) is 1. The summed E-state index contributed by atoms with van der Waals surface area (Å²) in [5.74, 6) is -0.151. The van der Waals surface area contributed by atoms with E-state index < -0.39 is 0 Å². The molecule has 0 aliphatic rings. The molecule has 5 nitrogen and oxygen atoms in total. The average molecular weight is 254 g/mol. The Morgan fingerprint density at radius 1 is 1.05 bits per heavy atom. The molecule has 0 unspecified atom stereocenters. The van der Waals surface area contributed by atoms with Crippen LogP contribution in [-0.4, -0.2) is 17.1 Å². The highest BCUT2D eigenvalue weighted by molar-refractivity contribution is 6.04. The molecular formula is C14H10N2O3. The number of amides is 1. The van der Waals surface area contributed by atoms with Crippen molar-refractivity contribution < 1.29 is 14.7 Å². The molecule has 19 heavy (non-hydrogen) atoms. The Morgan fingerprint density at radius 2 is 1.68 bits per heavy atom. The highest BCUT2D eigenvalue weighted by Gasteiger charge is 2.05. The topological polar surface area (TPSA) is 78.8 Å². The summed E-state index contributed by atoms with van der Waals surface area (Å²) in [6.07, 6.45) is 1.43. The van der Waals surface area contributed by atoms with Gasteiger partial charge in [0.25, 0.3) is 5.91 Å². The van der Waals surface area contributed by atoms with Gasteiger partial charge >= 0.3 is 0 Å². The van der Waals surface area contributed by atoms with Crippen molar-refractivity contribution in [1.29, 1.82) is 0 Å². The summed E-state index contributed by atoms with van der Waals surface area (Å²) >= 11 is 0. The first-order valence-electron chi connectivity index (χ1n) is 5.47. The third-order valence-corrected chi connectivity index (χ3v) is 2.43. The van der Waals surface area contributed by atoms with E-state index in [1.165, 1.54) is 18.2 Å². The smallest absolute Gasteiger partial charge is 0.255 e. The van der Waals surface area contributed by atoms with Crippen molar-refractivity contribution >= 4 is 23.4 Å². The van der Waals surface area contributed by atoms with Crippen LogP contribution in [0, 0.1) is 0 Å². The average Bonchev–Trinajstić information content (AvgIpc) is 2.42. The first-order valence-corrected chi connectivity index (χ1v) is 5.47. The number of carbonyl (C=O) groups is 1. The van der Waals surface area contributed by atoms with Crippen molar-refractivity contribution in [3.8, 4) is 5.75 Å². The fourth-order valence-electron chi connectivity index (χ4n) is 1.49. The van der Waals surface area contributed by atoms with Crippen LogP contribution in [-0.2, 0) is 4.79 Å². The van der Waals surface area contributed by atoms with Gasteiger partial charge in [-0.05, 0) is 48.5 Å². The molecular weight excluding hydrogens is 244 g/mol. The number of anilines is 1. The standard InChI is InChI=1S/C14H10N2O3/c17-9-15-11-3-1-10(2-4-11)14(19)16-12-5-7-13(18)8-6-12/h1-8,18H,(H,16,19). The lowest BCUT2D eigenvalue weighted by Crippen LogP contribution is -2.11. The number of benzene rings is 2. The van der Waals surface area contributed by atoms with Crippen LogP contribution in [0.4, 0.5) is 11.4 Å². The van der Waals surface area contributed by atoms with E-state index in [2.05, 4.69) is 10.3 Å². The summed E-state index contributed by atoms with van der Waals surface area (Å²) in [4.78, 5) is 25.4. The lowest BCUT2D eigenvalue weighted by molar-refractivity contribution is 0.102. The number of phenolic OH excluding ortho intramolecular Hbond substituents is 1. The normalized spacial score (nSPS) is 9.47. The lowest BCUT2D eigenvalue weighted by Gasteiger charge is -2.05. The minimum atomic E-state index is -0.285. The maximum atomic E-state index is 11.9. The van der Waals surface area contributed by atoms with Gasteiger partial charge in [-0.15, -0.1) is 0 Å². The monoisotopic (exact) mass is 254 g/mol. The summed E-state index contributed by atoms with van der Waals surface area (Å²) in [6, 6.07) is 12.4. The highest BCUT2D eigenvalue weighted by atomic mass is 16.3. The zero-order chi connectivity index (χ0) is 13.7. The van der Waals surface area contributed by atoms with Crippen LogP contribution in [0.2, 0.25) is 0 Å². The molecule has 2 aromatic rings. The quantitative estimate of drug-likeness (QED) is 0.502. The van der Waals surface area contributed by atoms with E-state index in [4.69, 9.17) is 5.11 Å². The second kappa shape index (κ2) is 5.62. The van der Waals surface area contributed by atoms with Gasteiger partial charge in [-0.2, -0.15) is 4.99 Å². The number of carbonyl (C=O) groups excluding carboxylic acids is 2. The van der Waals surface area contributed by atoms with Crippen LogP contribution < -0.4 is 5.32 Å². The summed E-state index contributed by atoms with van der Waals surface area (Å²) in [5, 5.41) is 11.8. The van der Waals surface area contributed by atoms with Gasteiger partial charge in [-0.1, -0.05) is 0 Å². The first kappa shape index (κ1) is 12.5. The van der Waals surface area contributed by atoms with Gasteiger partial charge in [0.1, 0.15) is 5.75 Å². The molecule has 94 valence electrons. The predicted octanol–water partition coefficient (Wildman–Crippen LogP) is 2.61. The minimum Gasteiger partial charge on any atom is -0.508 e. The molecule has 0 bridgehead atoms. The maximum absolute atomic E-state index is 11.9. The van der Waals surface area contributed by atoms with Gasteiger partial charge in [0, 0.05) is 11.3 Å². The molecule has 0 heterocycles. The van der Waals surface area contributed by atoms with Gasteiger partial charge < -0.3 is 10.4 Å². The van der Waals surface area contributed by atoms with Gasteiger partial charge in [0.15, 0.2) is 0 Å². The molecule has 0 atom stereocenters. The zero-order valence-electron chi connectivity index (χ0n) is 9.83. The van der Waals surface area contributed by atoms with E-state index in [-0.39, 0.29) is 11.7 Å². The van der Waals surface area contributed by atoms with Crippen molar-refractivity contribution in [1.82, 2.24) is 0 Å². The number of hydrogen-bond donors (Lipinski definition) is 2. The molecule has 0 aliphatic carbocycles. The van der Waals surface area contributed by atoms with E-state index in [9.17, 15) is 9.59 Å². The number of nitrogens with zero attached hydrogens (tertiary/aromatic N) is 1. The van der Waals surface area contributed by atoms with Crippen molar-refractivity contribution in [2.24, 2.45) is 4.99 Å². The van der Waals surface area contributed by atoms with Crippen molar-refractivity contribution in [2.45, 2.75) is 0 Å². The summed E-state index contributed by atoms with van der Waals surface area (Å²) in [7, 11) is 0. The Balaban J connectivity index is 2.11. The third-order valence-electron chi connectivity index (χ3n) is 2.43. The Labute approximate surface area is 109 Å². The predicted molar refractivity (Wildman–Crippen MR) is 70.3 cm³/mol. The van der Waals surface area contributed by atoms with E-state index in [1.54, 1.807) is 36.4 Å². The van der Waals surface area contributed by atoms with Gasteiger partial charge in [0.05, 0.1) is 5.69 Å². The molecule has 1 amide bonds. The Morgan fingerprint density at radius 3 is 2.26 bits per heavy atom. The highest BCUT2D eigenvalue weighted by Crippen LogP contribution is 2.16. The molecule has 2 aromatic carbocycles. The molecule has 0 saturated heterocycles. The number of phenols is 1. The molecule has 0 aliphatic heterocycles. The Hall–Kier alpha value is -2.91. The SMILES string of the molecule is O=C=Nc1ccc(C(=O)Nc2ccc(O)cc2)cc1. The molecule has 2 N–H and O–H groups in total. The zero-order valence-corrected chi connectivity index (χ0v) is 9.83.